The summed E-state index contributed by atoms with van der Waals surface area (Å²) in [6.07, 6.45) is 0. The second-order valence-corrected chi connectivity index (χ2v) is 8.37. The maximum atomic E-state index is 12.6. The number of aromatic nitrogens is 4. The summed E-state index contributed by atoms with van der Waals surface area (Å²) in [5.74, 6) is -0.308. The van der Waals surface area contributed by atoms with Gasteiger partial charge in [-0.25, -0.2) is 4.98 Å². The maximum absolute atomic E-state index is 12.6. The van der Waals surface area contributed by atoms with E-state index in [2.05, 4.69) is 21.3 Å². The van der Waals surface area contributed by atoms with Crippen LogP contribution in [0.5, 0.6) is 0 Å². The lowest BCUT2D eigenvalue weighted by atomic mass is 10.1. The number of hydrogen-bond acceptors (Lipinski definition) is 8. The Balaban J connectivity index is 1.78. The molecule has 1 unspecified atom stereocenters. The minimum atomic E-state index is -0.868. The summed E-state index contributed by atoms with van der Waals surface area (Å²) >= 11 is 8.55. The fraction of sp³-hybridized carbons (Fsp3) is 0.316. The first-order chi connectivity index (χ1) is 14.0. The summed E-state index contributed by atoms with van der Waals surface area (Å²) in [7, 11) is 1.62. The number of Topliss-reactive ketones (excluding diaryl/α,β-unsaturated/α-hetero) is 1. The van der Waals surface area contributed by atoms with Gasteiger partial charge in [-0.3, -0.25) is 9.36 Å². The van der Waals surface area contributed by atoms with Crippen LogP contribution in [0.4, 0.5) is 0 Å². The van der Waals surface area contributed by atoms with Crippen LogP contribution < -0.4 is 0 Å². The summed E-state index contributed by atoms with van der Waals surface area (Å²) in [5, 5.41) is 21.5. The Hall–Kier alpha value is -2.25. The Morgan fingerprint density at radius 1 is 1.38 bits per heavy atom. The number of thioether (sulfide) groups is 1. The fourth-order valence-corrected chi connectivity index (χ4v) is 4.44. The first kappa shape index (κ1) is 21.5. The molecule has 0 spiro atoms. The molecule has 3 aromatic rings. The molecule has 1 atom stereocenters. The molecule has 0 aliphatic rings. The molecule has 0 aliphatic carbocycles. The zero-order chi connectivity index (χ0) is 20.8. The predicted molar refractivity (Wildman–Crippen MR) is 113 cm³/mol. The van der Waals surface area contributed by atoms with Gasteiger partial charge in [0.15, 0.2) is 22.7 Å². The van der Waals surface area contributed by atoms with Crippen molar-refractivity contribution in [3.05, 3.63) is 45.4 Å². The van der Waals surface area contributed by atoms with Crippen LogP contribution in [0, 0.1) is 18.3 Å². The van der Waals surface area contributed by atoms with Crippen molar-refractivity contribution in [2.45, 2.75) is 24.5 Å². The molecule has 10 heteroatoms. The molecule has 3 rings (SSSR count). The first-order valence-electron chi connectivity index (χ1n) is 8.68. The molecule has 0 bridgehead atoms. The lowest BCUT2D eigenvalue weighted by Crippen LogP contribution is -2.14. The highest BCUT2D eigenvalue weighted by atomic mass is 35.5. The number of ether oxygens (including phenoxy) is 1. The molecule has 0 aliphatic heterocycles. The molecule has 2 aromatic heterocycles. The molecular formula is C19H18ClN5O2S2. The van der Waals surface area contributed by atoms with Gasteiger partial charge in [0.25, 0.3) is 0 Å². The number of rotatable bonds is 9. The highest BCUT2D eigenvalue weighted by molar-refractivity contribution is 7.99. The molecule has 2 heterocycles. The van der Waals surface area contributed by atoms with E-state index in [0.29, 0.717) is 34.2 Å². The van der Waals surface area contributed by atoms with Crippen molar-refractivity contribution in [3.63, 3.8) is 0 Å². The number of nitriles is 1. The lowest BCUT2D eigenvalue weighted by Gasteiger charge is -2.10. The molecule has 150 valence electrons. The van der Waals surface area contributed by atoms with Crippen LogP contribution in [0.2, 0.25) is 5.02 Å². The van der Waals surface area contributed by atoms with Gasteiger partial charge in [0.2, 0.25) is 0 Å². The third-order valence-corrected chi connectivity index (χ3v) is 6.29. The second-order valence-electron chi connectivity index (χ2n) is 6.10. The Morgan fingerprint density at radius 2 is 2.14 bits per heavy atom. The van der Waals surface area contributed by atoms with Gasteiger partial charge in [-0.1, -0.05) is 23.4 Å². The van der Waals surface area contributed by atoms with Crippen LogP contribution in [-0.4, -0.2) is 45.0 Å². The van der Waals surface area contributed by atoms with Crippen molar-refractivity contribution in [1.29, 1.82) is 5.26 Å². The van der Waals surface area contributed by atoms with Gasteiger partial charge in [0.05, 0.1) is 25.0 Å². The van der Waals surface area contributed by atoms with Crippen LogP contribution in [0.15, 0.2) is 34.8 Å². The van der Waals surface area contributed by atoms with Crippen molar-refractivity contribution < 1.29 is 9.53 Å². The molecule has 0 saturated carbocycles. The first-order valence-corrected chi connectivity index (χ1v) is 10.9. The molecule has 29 heavy (non-hydrogen) atoms. The largest absolute Gasteiger partial charge is 0.383 e. The Labute approximate surface area is 181 Å². The molecule has 0 fully saturated rings. The van der Waals surface area contributed by atoms with E-state index in [4.69, 9.17) is 16.3 Å². The number of aryl methyl sites for hydroxylation is 1. The minimum Gasteiger partial charge on any atom is -0.383 e. The van der Waals surface area contributed by atoms with Crippen LogP contribution in [0.1, 0.15) is 16.6 Å². The standard InChI is InChI=1S/C19H18ClN5O2S2/c1-12-10-28-18(22-12)15(9-21)16(26)11-29-19-24-23-17(25(19)7-8-27-2)13-3-5-14(20)6-4-13/h3-6,10,15H,7-8,11H2,1-2H3. The Kier molecular flexibility index (Phi) is 7.39. The molecule has 0 amide bonds. The lowest BCUT2D eigenvalue weighted by molar-refractivity contribution is -0.116. The highest BCUT2D eigenvalue weighted by Crippen LogP contribution is 2.27. The highest BCUT2D eigenvalue weighted by Gasteiger charge is 2.24. The number of benzene rings is 1. The van der Waals surface area contributed by atoms with Gasteiger partial charge >= 0.3 is 0 Å². The molecule has 0 N–H and O–H groups in total. The van der Waals surface area contributed by atoms with E-state index in [1.165, 1.54) is 23.1 Å². The summed E-state index contributed by atoms with van der Waals surface area (Å²) in [4.78, 5) is 16.9. The third kappa shape index (κ3) is 5.22. The van der Waals surface area contributed by atoms with Crippen molar-refractivity contribution in [1.82, 2.24) is 19.7 Å². The van der Waals surface area contributed by atoms with Gasteiger partial charge in [-0.05, 0) is 31.2 Å². The number of carbonyl (C=O) groups is 1. The summed E-state index contributed by atoms with van der Waals surface area (Å²) < 4.78 is 7.10. The van der Waals surface area contributed by atoms with Gasteiger partial charge in [-0.2, -0.15) is 5.26 Å². The van der Waals surface area contributed by atoms with Gasteiger partial charge in [-0.15, -0.1) is 21.5 Å². The Morgan fingerprint density at radius 3 is 2.76 bits per heavy atom. The smallest absolute Gasteiger partial charge is 0.192 e. The normalized spacial score (nSPS) is 11.9. The average Bonchev–Trinajstić information content (AvgIpc) is 3.32. The van der Waals surface area contributed by atoms with Gasteiger partial charge in [0.1, 0.15) is 5.01 Å². The Bertz CT molecular complexity index is 1030. The van der Waals surface area contributed by atoms with Gasteiger partial charge in [0, 0.05) is 28.8 Å². The zero-order valence-electron chi connectivity index (χ0n) is 15.8. The summed E-state index contributed by atoms with van der Waals surface area (Å²) in [5.41, 5.74) is 1.67. The van der Waals surface area contributed by atoms with E-state index in [9.17, 15) is 10.1 Å². The molecule has 0 saturated heterocycles. The average molecular weight is 448 g/mol. The summed E-state index contributed by atoms with van der Waals surface area (Å²) in [6.45, 7) is 2.84. The number of carbonyl (C=O) groups excluding carboxylic acids is 1. The van der Waals surface area contributed by atoms with Crippen molar-refractivity contribution >= 4 is 40.5 Å². The molecule has 7 nitrogen and oxygen atoms in total. The second kappa shape index (κ2) is 9.98. The maximum Gasteiger partial charge on any atom is 0.192 e. The van der Waals surface area contributed by atoms with Crippen LogP contribution in [0.3, 0.4) is 0 Å². The van der Waals surface area contributed by atoms with E-state index in [1.807, 2.05) is 29.0 Å². The number of halogens is 1. The van der Waals surface area contributed by atoms with Crippen molar-refractivity contribution in [3.8, 4) is 17.5 Å². The van der Waals surface area contributed by atoms with Crippen molar-refractivity contribution in [2.75, 3.05) is 19.5 Å². The summed E-state index contributed by atoms with van der Waals surface area (Å²) in [6, 6.07) is 9.37. The number of methoxy groups -OCH3 is 1. The number of hydrogen-bond donors (Lipinski definition) is 0. The topological polar surface area (TPSA) is 93.7 Å². The quantitative estimate of drug-likeness (QED) is 0.458. The molecule has 1 aromatic carbocycles. The number of nitrogens with zero attached hydrogens (tertiary/aromatic N) is 5. The molecular weight excluding hydrogens is 430 g/mol. The van der Waals surface area contributed by atoms with E-state index in [1.54, 1.807) is 19.2 Å². The van der Waals surface area contributed by atoms with E-state index in [-0.39, 0.29) is 11.5 Å². The van der Waals surface area contributed by atoms with Crippen LogP contribution >= 0.6 is 34.7 Å². The number of ketones is 1. The monoisotopic (exact) mass is 447 g/mol. The molecule has 0 radical (unpaired) electrons. The van der Waals surface area contributed by atoms with E-state index < -0.39 is 5.92 Å². The van der Waals surface area contributed by atoms with Crippen LogP contribution in [0.25, 0.3) is 11.4 Å². The van der Waals surface area contributed by atoms with Crippen LogP contribution in [-0.2, 0) is 16.1 Å². The predicted octanol–water partition coefficient (Wildman–Crippen LogP) is 3.98. The minimum absolute atomic E-state index is 0.0998. The van der Waals surface area contributed by atoms with Crippen molar-refractivity contribution in [2.24, 2.45) is 0 Å². The van der Waals surface area contributed by atoms with Gasteiger partial charge < -0.3 is 4.74 Å². The fourth-order valence-electron chi connectivity index (χ4n) is 2.58. The SMILES string of the molecule is COCCn1c(SCC(=O)C(C#N)c2nc(C)cs2)nnc1-c1ccc(Cl)cc1. The van der Waals surface area contributed by atoms with E-state index >= 15 is 0 Å². The number of thiazole rings is 1. The third-order valence-electron chi connectivity index (χ3n) is 4.02. The van der Waals surface area contributed by atoms with E-state index in [0.717, 1.165) is 11.3 Å². The zero-order valence-corrected chi connectivity index (χ0v) is 18.2.